The Balaban J connectivity index is 1.46. The molecule has 2 aliphatic rings. The van der Waals surface area contributed by atoms with E-state index in [1.54, 1.807) is 11.0 Å². The first-order valence-corrected chi connectivity index (χ1v) is 9.81. The van der Waals surface area contributed by atoms with Crippen LogP contribution in [0.15, 0.2) is 28.8 Å². The topological polar surface area (TPSA) is 84.7 Å². The predicted octanol–water partition coefficient (Wildman–Crippen LogP) is 3.11. The van der Waals surface area contributed by atoms with E-state index in [0.717, 1.165) is 30.5 Å². The first-order valence-electron chi connectivity index (χ1n) is 9.81. The van der Waals surface area contributed by atoms with Crippen LogP contribution in [0.3, 0.4) is 0 Å². The van der Waals surface area contributed by atoms with Gasteiger partial charge in [-0.1, -0.05) is 25.1 Å². The molecule has 1 N–H and O–H groups in total. The minimum atomic E-state index is -0.364. The van der Waals surface area contributed by atoms with E-state index in [0.29, 0.717) is 31.2 Å². The zero-order valence-corrected chi connectivity index (χ0v) is 16.2. The van der Waals surface area contributed by atoms with Crippen molar-refractivity contribution < 1.29 is 18.8 Å². The van der Waals surface area contributed by atoms with Crippen molar-refractivity contribution in [3.63, 3.8) is 0 Å². The number of nitrogens with zero attached hydrogens (tertiary/aromatic N) is 2. The minimum Gasteiger partial charge on any atom is -0.368 e. The average molecular weight is 383 g/mol. The number of hydrogen-bond acceptors (Lipinski definition) is 5. The van der Waals surface area contributed by atoms with Gasteiger partial charge in [-0.15, -0.1) is 0 Å². The van der Waals surface area contributed by atoms with Gasteiger partial charge in [0.25, 0.3) is 11.8 Å². The van der Waals surface area contributed by atoms with E-state index in [1.165, 1.54) is 5.56 Å². The predicted molar refractivity (Wildman–Crippen MR) is 103 cm³/mol. The van der Waals surface area contributed by atoms with Crippen molar-refractivity contribution in [2.45, 2.75) is 51.7 Å². The average Bonchev–Trinajstić information content (AvgIpc) is 3.39. The van der Waals surface area contributed by atoms with Crippen molar-refractivity contribution >= 4 is 17.5 Å². The lowest BCUT2D eigenvalue weighted by molar-refractivity contribution is -0.124. The Morgan fingerprint density at radius 2 is 2.11 bits per heavy atom. The third-order valence-electron chi connectivity index (χ3n) is 5.31. The molecule has 0 saturated carbocycles. The number of benzene rings is 1. The van der Waals surface area contributed by atoms with Gasteiger partial charge < -0.3 is 19.5 Å². The fraction of sp³-hybridized carbons (Fsp3) is 0.476. The van der Waals surface area contributed by atoms with Gasteiger partial charge in [-0.2, -0.15) is 0 Å². The SMILES string of the molecule is CC(C)c1cc(C(=O)N2CCc3ccc(NC(=O)[C@H]4CCCO4)cc3C2)no1. The summed E-state index contributed by atoms with van der Waals surface area (Å²) < 4.78 is 10.7. The summed E-state index contributed by atoms with van der Waals surface area (Å²) in [5.41, 5.74) is 3.31. The lowest BCUT2D eigenvalue weighted by Gasteiger charge is -2.28. The van der Waals surface area contributed by atoms with Crippen molar-refractivity contribution in [2.75, 3.05) is 18.5 Å². The fourth-order valence-electron chi connectivity index (χ4n) is 3.64. The summed E-state index contributed by atoms with van der Waals surface area (Å²) in [6.45, 7) is 5.76. The molecule has 0 radical (unpaired) electrons. The smallest absolute Gasteiger partial charge is 0.276 e. The normalized spacial score (nSPS) is 19.0. The summed E-state index contributed by atoms with van der Waals surface area (Å²) in [5.74, 6) is 0.658. The van der Waals surface area contributed by atoms with E-state index in [1.807, 2.05) is 32.0 Å². The molecular weight excluding hydrogens is 358 g/mol. The number of carbonyl (C=O) groups is 2. The number of ether oxygens (including phenoxy) is 1. The molecule has 3 heterocycles. The monoisotopic (exact) mass is 383 g/mol. The second-order valence-electron chi connectivity index (χ2n) is 7.72. The van der Waals surface area contributed by atoms with E-state index in [2.05, 4.69) is 10.5 Å². The van der Waals surface area contributed by atoms with E-state index in [4.69, 9.17) is 9.26 Å². The van der Waals surface area contributed by atoms with Gasteiger partial charge in [0.2, 0.25) is 0 Å². The Morgan fingerprint density at radius 1 is 1.25 bits per heavy atom. The lowest BCUT2D eigenvalue weighted by Crippen LogP contribution is -2.36. The van der Waals surface area contributed by atoms with Gasteiger partial charge in [0.1, 0.15) is 11.9 Å². The molecule has 2 aliphatic heterocycles. The highest BCUT2D eigenvalue weighted by atomic mass is 16.5. The molecule has 2 aromatic rings. The number of carbonyl (C=O) groups excluding carboxylic acids is 2. The molecule has 1 aromatic heterocycles. The molecule has 1 fully saturated rings. The molecule has 1 atom stereocenters. The van der Waals surface area contributed by atoms with Crippen LogP contribution in [0, 0.1) is 0 Å². The molecule has 2 amide bonds. The maximum Gasteiger partial charge on any atom is 0.276 e. The Kier molecular flexibility index (Phi) is 5.17. The van der Waals surface area contributed by atoms with E-state index >= 15 is 0 Å². The summed E-state index contributed by atoms with van der Waals surface area (Å²) in [6, 6.07) is 7.61. The highest BCUT2D eigenvalue weighted by Crippen LogP contribution is 2.25. The molecule has 7 heteroatoms. The molecule has 7 nitrogen and oxygen atoms in total. The molecule has 1 aromatic carbocycles. The van der Waals surface area contributed by atoms with E-state index in [9.17, 15) is 9.59 Å². The molecule has 1 saturated heterocycles. The Labute approximate surface area is 164 Å². The maximum absolute atomic E-state index is 12.8. The summed E-state index contributed by atoms with van der Waals surface area (Å²) in [4.78, 5) is 26.9. The standard InChI is InChI=1S/C21H25N3O4/c1-13(2)19-11-17(23-28-19)21(26)24-8-7-14-5-6-16(10-15(14)12-24)22-20(25)18-4-3-9-27-18/h5-6,10-11,13,18H,3-4,7-9,12H2,1-2H3,(H,22,25)/t18-/m1/s1. The maximum atomic E-state index is 12.8. The van der Waals surface area contributed by atoms with Crippen LogP contribution in [-0.2, 0) is 22.5 Å². The quantitative estimate of drug-likeness (QED) is 0.877. The van der Waals surface area contributed by atoms with Crippen molar-refractivity contribution in [3.8, 4) is 0 Å². The van der Waals surface area contributed by atoms with Gasteiger partial charge in [-0.25, -0.2) is 0 Å². The van der Waals surface area contributed by atoms with Crippen molar-refractivity contribution in [2.24, 2.45) is 0 Å². The second-order valence-corrected chi connectivity index (χ2v) is 7.72. The third-order valence-corrected chi connectivity index (χ3v) is 5.31. The third kappa shape index (κ3) is 3.80. The number of aromatic nitrogens is 1. The van der Waals surface area contributed by atoms with Crippen molar-refractivity contribution in [1.29, 1.82) is 0 Å². The van der Waals surface area contributed by atoms with E-state index in [-0.39, 0.29) is 23.8 Å². The number of nitrogens with one attached hydrogen (secondary N) is 1. The van der Waals surface area contributed by atoms with Crippen LogP contribution in [-0.4, -0.2) is 41.1 Å². The minimum absolute atomic E-state index is 0.106. The molecule has 4 rings (SSSR count). The van der Waals surface area contributed by atoms with Gasteiger partial charge in [-0.05, 0) is 42.5 Å². The van der Waals surface area contributed by atoms with Gasteiger partial charge in [0.05, 0.1) is 0 Å². The highest BCUT2D eigenvalue weighted by Gasteiger charge is 2.26. The Bertz CT molecular complexity index is 884. The summed E-state index contributed by atoms with van der Waals surface area (Å²) in [6.07, 6.45) is 2.08. The molecule has 0 unspecified atom stereocenters. The van der Waals surface area contributed by atoms with Gasteiger partial charge in [0, 0.05) is 37.4 Å². The van der Waals surface area contributed by atoms with Crippen LogP contribution in [0.4, 0.5) is 5.69 Å². The van der Waals surface area contributed by atoms with Crippen molar-refractivity contribution in [1.82, 2.24) is 10.1 Å². The molecule has 0 bridgehead atoms. The number of fused-ring (bicyclic) bond motifs is 1. The number of rotatable bonds is 4. The number of amides is 2. The number of anilines is 1. The van der Waals surface area contributed by atoms with Gasteiger partial charge in [-0.3, -0.25) is 9.59 Å². The molecule has 0 spiro atoms. The van der Waals surface area contributed by atoms with Crippen LogP contribution in [0.1, 0.15) is 60.0 Å². The fourth-order valence-corrected chi connectivity index (χ4v) is 3.64. The highest BCUT2D eigenvalue weighted by molar-refractivity contribution is 5.94. The first-order chi connectivity index (χ1) is 13.5. The van der Waals surface area contributed by atoms with Crippen molar-refractivity contribution in [3.05, 3.63) is 46.8 Å². The van der Waals surface area contributed by atoms with Crippen LogP contribution in [0.25, 0.3) is 0 Å². The summed E-state index contributed by atoms with van der Waals surface area (Å²) >= 11 is 0. The molecule has 148 valence electrons. The first kappa shape index (κ1) is 18.7. The van der Waals surface area contributed by atoms with Gasteiger partial charge >= 0.3 is 0 Å². The molecular formula is C21H25N3O4. The Hall–Kier alpha value is -2.67. The molecule has 28 heavy (non-hydrogen) atoms. The zero-order chi connectivity index (χ0) is 19.7. The lowest BCUT2D eigenvalue weighted by atomic mass is 9.98. The summed E-state index contributed by atoms with van der Waals surface area (Å²) in [5, 5.41) is 6.86. The number of hydrogen-bond donors (Lipinski definition) is 1. The van der Waals surface area contributed by atoms with Gasteiger partial charge in [0.15, 0.2) is 5.69 Å². The zero-order valence-electron chi connectivity index (χ0n) is 16.2. The van der Waals surface area contributed by atoms with Crippen LogP contribution in [0.2, 0.25) is 0 Å². The largest absolute Gasteiger partial charge is 0.368 e. The summed E-state index contributed by atoms with van der Waals surface area (Å²) in [7, 11) is 0. The van der Waals surface area contributed by atoms with Crippen LogP contribution >= 0.6 is 0 Å². The van der Waals surface area contributed by atoms with Crippen LogP contribution in [0.5, 0.6) is 0 Å². The van der Waals surface area contributed by atoms with Crippen LogP contribution < -0.4 is 5.32 Å². The molecule has 0 aliphatic carbocycles. The Morgan fingerprint density at radius 3 is 2.82 bits per heavy atom. The van der Waals surface area contributed by atoms with E-state index < -0.39 is 0 Å². The second kappa shape index (κ2) is 7.75.